The lowest BCUT2D eigenvalue weighted by atomic mass is 10.5. The quantitative estimate of drug-likeness (QED) is 0.343. The van der Waals surface area contributed by atoms with E-state index in [1.165, 1.54) is 17.9 Å². The van der Waals surface area contributed by atoms with Gasteiger partial charge in [-0.2, -0.15) is 11.8 Å². The highest BCUT2D eigenvalue weighted by Crippen LogP contribution is 2.51. The van der Waals surface area contributed by atoms with Crippen LogP contribution in [0.3, 0.4) is 0 Å². The van der Waals surface area contributed by atoms with Crippen LogP contribution in [0.25, 0.3) is 0 Å². The highest BCUT2D eigenvalue weighted by atomic mass is 33.5. The number of nitrogens with one attached hydrogen (secondary N) is 1. The predicted octanol–water partition coefficient (Wildman–Crippen LogP) is 2.52. The van der Waals surface area contributed by atoms with E-state index >= 15 is 0 Å². The molecule has 0 fully saturated rings. The minimum absolute atomic E-state index is 0.715. The first-order valence-electron chi connectivity index (χ1n) is 4.71. The molecule has 0 spiro atoms. The maximum absolute atomic E-state index is 5.41. The normalized spacial score (nSPS) is 13.1. The molecule has 0 atom stereocenters. The second kappa shape index (κ2) is 9.54. The second-order valence-corrected chi connectivity index (χ2v) is 11.7. The molecule has 0 aliphatic rings. The third-order valence-electron chi connectivity index (χ3n) is 1.59. The minimum Gasteiger partial charge on any atom is -0.330 e. The van der Waals surface area contributed by atoms with Gasteiger partial charge in [0.05, 0.1) is 0 Å². The molecule has 0 amide bonds. The zero-order chi connectivity index (χ0) is 10.9. The molecule has 0 saturated heterocycles. The van der Waals surface area contributed by atoms with Crippen LogP contribution in [0, 0.1) is 0 Å². The minimum atomic E-state index is -0.715. The lowest BCUT2D eigenvalue weighted by molar-refractivity contribution is 0.880. The molecule has 0 rings (SSSR count). The Bertz CT molecular complexity index is 133. The fourth-order valence-corrected chi connectivity index (χ4v) is 3.30. The number of hydrogen-bond donors (Lipinski definition) is 3. The summed E-state index contributed by atoms with van der Waals surface area (Å²) in [7, 11) is 0.927. The van der Waals surface area contributed by atoms with Gasteiger partial charge in [0.1, 0.15) is 0 Å². The van der Waals surface area contributed by atoms with Crippen LogP contribution in [0.4, 0.5) is 0 Å². The van der Waals surface area contributed by atoms with Gasteiger partial charge in [-0.15, -0.1) is 20.9 Å². The van der Waals surface area contributed by atoms with E-state index in [0.29, 0.717) is 0 Å². The zero-order valence-corrected chi connectivity index (χ0v) is 12.3. The summed E-state index contributed by atoms with van der Waals surface area (Å²) in [5, 5.41) is 0. The second-order valence-electron chi connectivity index (χ2n) is 3.31. The van der Waals surface area contributed by atoms with E-state index in [0.717, 1.165) is 19.5 Å². The Morgan fingerprint density at radius 3 is 2.50 bits per heavy atom. The Morgan fingerprint density at radius 2 is 1.93 bits per heavy atom. The zero-order valence-electron chi connectivity index (χ0n) is 8.99. The van der Waals surface area contributed by atoms with Crippen molar-refractivity contribution in [1.29, 1.82) is 0 Å². The van der Waals surface area contributed by atoms with Gasteiger partial charge in [0.25, 0.3) is 0 Å². The summed E-state index contributed by atoms with van der Waals surface area (Å²) in [4.78, 5) is 0. The van der Waals surface area contributed by atoms with Gasteiger partial charge in [-0.1, -0.05) is 0 Å². The van der Waals surface area contributed by atoms with Crippen LogP contribution in [-0.4, -0.2) is 37.1 Å². The van der Waals surface area contributed by atoms with Crippen LogP contribution < -0.4 is 10.5 Å². The first kappa shape index (κ1) is 15.3. The highest BCUT2D eigenvalue weighted by molar-refractivity contribution is 9.15. The fraction of sp³-hybridized carbons (Fsp3) is 1.00. The average Bonchev–Trinajstić information content (AvgIpc) is 2.16. The maximum Gasteiger partial charge on any atom is 0.00589 e. The van der Waals surface area contributed by atoms with Crippen molar-refractivity contribution < 1.29 is 0 Å². The van der Waals surface area contributed by atoms with Gasteiger partial charge >= 0.3 is 0 Å². The first-order valence-corrected chi connectivity index (χ1v) is 10.7. The standard InChI is InChI=1S/C8H22N2S4/c1-14(2,13-11)10-6-4-8-12-7-3-5-9/h10-11H,3-9H2,1-2H3. The molecule has 0 aromatic carbocycles. The molecule has 0 aliphatic carbocycles. The first-order chi connectivity index (χ1) is 6.62. The van der Waals surface area contributed by atoms with E-state index in [9.17, 15) is 0 Å². The Balaban J connectivity index is 3.13. The Hall–Kier alpha value is 1.32. The summed E-state index contributed by atoms with van der Waals surface area (Å²) in [6.07, 6.45) is 6.83. The van der Waals surface area contributed by atoms with E-state index in [1.807, 2.05) is 11.8 Å². The fourth-order valence-electron chi connectivity index (χ4n) is 0.806. The molecule has 14 heavy (non-hydrogen) atoms. The van der Waals surface area contributed by atoms with Crippen molar-refractivity contribution in [2.45, 2.75) is 12.8 Å². The van der Waals surface area contributed by atoms with Crippen molar-refractivity contribution in [3.8, 4) is 0 Å². The predicted molar refractivity (Wildman–Crippen MR) is 79.6 cm³/mol. The molecule has 0 aliphatic heterocycles. The average molecular weight is 275 g/mol. The van der Waals surface area contributed by atoms with Crippen molar-refractivity contribution in [2.24, 2.45) is 5.73 Å². The summed E-state index contributed by atoms with van der Waals surface area (Å²) < 4.78 is 3.53. The van der Waals surface area contributed by atoms with Crippen LogP contribution in [0.1, 0.15) is 12.8 Å². The van der Waals surface area contributed by atoms with Crippen molar-refractivity contribution >= 4 is 42.5 Å². The summed E-state index contributed by atoms with van der Waals surface area (Å²) in [5.41, 5.74) is 5.41. The molecule has 0 unspecified atom stereocenters. The highest BCUT2D eigenvalue weighted by Gasteiger charge is 2.07. The van der Waals surface area contributed by atoms with E-state index in [1.54, 1.807) is 9.83 Å². The van der Waals surface area contributed by atoms with Gasteiger partial charge in [-0.3, -0.25) is 4.72 Å². The van der Waals surface area contributed by atoms with Gasteiger partial charge in [-0.05, 0) is 53.2 Å². The Labute approximate surface area is 103 Å². The van der Waals surface area contributed by atoms with Crippen molar-refractivity contribution in [3.05, 3.63) is 0 Å². The topological polar surface area (TPSA) is 38.0 Å². The molecular formula is C8H22N2S4. The number of nitrogens with two attached hydrogens (primary N) is 1. The third kappa shape index (κ3) is 9.86. The summed E-state index contributed by atoms with van der Waals surface area (Å²) in [5.74, 6) is 2.44. The molecule has 0 radical (unpaired) electrons. The van der Waals surface area contributed by atoms with Crippen LogP contribution in [0.2, 0.25) is 0 Å². The number of thioether (sulfide) groups is 1. The molecule has 3 N–H and O–H groups in total. The summed E-state index contributed by atoms with van der Waals surface area (Å²) >= 11 is 6.24. The van der Waals surface area contributed by atoms with E-state index in [2.05, 4.69) is 28.9 Å². The van der Waals surface area contributed by atoms with Gasteiger partial charge < -0.3 is 5.73 Å². The maximum atomic E-state index is 5.41. The van der Waals surface area contributed by atoms with Crippen molar-refractivity contribution in [3.63, 3.8) is 0 Å². The SMILES string of the molecule is CS(C)(NCCCSCCCN)SS. The largest absolute Gasteiger partial charge is 0.330 e. The molecule has 0 aromatic rings. The number of hydrogen-bond acceptors (Lipinski definition) is 5. The lowest BCUT2D eigenvalue weighted by Crippen LogP contribution is -2.17. The molecule has 88 valence electrons. The monoisotopic (exact) mass is 274 g/mol. The van der Waals surface area contributed by atoms with Crippen LogP contribution >= 0.6 is 42.5 Å². The molecule has 0 heterocycles. The van der Waals surface area contributed by atoms with E-state index in [-0.39, 0.29) is 0 Å². The van der Waals surface area contributed by atoms with Crippen LogP contribution in [0.15, 0.2) is 0 Å². The molecular weight excluding hydrogens is 252 g/mol. The lowest BCUT2D eigenvalue weighted by Gasteiger charge is -2.28. The molecule has 6 heteroatoms. The number of thiol groups is 1. The van der Waals surface area contributed by atoms with Crippen molar-refractivity contribution in [1.82, 2.24) is 4.72 Å². The molecule has 0 saturated carbocycles. The smallest absolute Gasteiger partial charge is 0.00589 e. The van der Waals surface area contributed by atoms with Gasteiger partial charge in [0.2, 0.25) is 0 Å². The Morgan fingerprint density at radius 1 is 1.29 bits per heavy atom. The van der Waals surface area contributed by atoms with E-state index in [4.69, 9.17) is 5.73 Å². The molecule has 0 aromatic heterocycles. The van der Waals surface area contributed by atoms with E-state index < -0.39 is 9.25 Å². The van der Waals surface area contributed by atoms with Gasteiger partial charge in [0, 0.05) is 6.54 Å². The van der Waals surface area contributed by atoms with Crippen molar-refractivity contribution in [2.75, 3.05) is 37.1 Å². The molecule has 2 nitrogen and oxygen atoms in total. The van der Waals surface area contributed by atoms with Crippen LogP contribution in [-0.2, 0) is 0 Å². The summed E-state index contributed by atoms with van der Waals surface area (Å²) in [6, 6.07) is 0. The molecule has 0 bridgehead atoms. The van der Waals surface area contributed by atoms with Gasteiger partial charge in [0.15, 0.2) is 0 Å². The summed E-state index contributed by atoms with van der Waals surface area (Å²) in [6.45, 7) is 1.92. The number of rotatable bonds is 9. The van der Waals surface area contributed by atoms with Gasteiger partial charge in [-0.25, -0.2) is 0 Å². The third-order valence-corrected chi connectivity index (χ3v) is 8.85. The van der Waals surface area contributed by atoms with Crippen LogP contribution in [0.5, 0.6) is 0 Å². The Kier molecular flexibility index (Phi) is 10.4.